The number of ether oxygens (including phenoxy) is 1. The molecule has 1 N–H and O–H groups in total. The van der Waals surface area contributed by atoms with Crippen molar-refractivity contribution in [1.29, 1.82) is 0 Å². The van der Waals surface area contributed by atoms with Gasteiger partial charge in [-0.1, -0.05) is 25.4 Å². The van der Waals surface area contributed by atoms with Crippen LogP contribution in [0.25, 0.3) is 0 Å². The highest BCUT2D eigenvalue weighted by atomic mass is 35.5. The fraction of sp³-hybridized carbons (Fsp3) is 0.444. The molecule has 0 aliphatic carbocycles. The Hall–Kier alpha value is -2.29. The van der Waals surface area contributed by atoms with E-state index in [4.69, 9.17) is 16.3 Å². The summed E-state index contributed by atoms with van der Waals surface area (Å²) in [5.41, 5.74) is -0.629. The molecule has 0 atom stereocenters. The van der Waals surface area contributed by atoms with Crippen LogP contribution >= 0.6 is 11.6 Å². The Kier molecular flexibility index (Phi) is 6.92. The predicted octanol–water partition coefficient (Wildman–Crippen LogP) is 4.29. The van der Waals surface area contributed by atoms with Gasteiger partial charge in [0.15, 0.2) is 17.4 Å². The molecule has 0 saturated heterocycles. The molecule has 0 fully saturated rings. The van der Waals surface area contributed by atoms with Crippen LogP contribution in [0.5, 0.6) is 5.75 Å². The van der Waals surface area contributed by atoms with E-state index in [1.54, 1.807) is 6.92 Å². The third kappa shape index (κ3) is 4.40. The van der Waals surface area contributed by atoms with E-state index in [-0.39, 0.29) is 23.2 Å². The average molecular weight is 422 g/mol. The number of carbonyl (C=O) groups is 1. The van der Waals surface area contributed by atoms with Gasteiger partial charge in [-0.15, -0.1) is 0 Å². The molecule has 0 saturated carbocycles. The highest BCUT2D eigenvalue weighted by Crippen LogP contribution is 2.30. The van der Waals surface area contributed by atoms with Gasteiger partial charge in [0.05, 0.1) is 17.3 Å². The van der Waals surface area contributed by atoms with Crippen LogP contribution in [0.3, 0.4) is 0 Å². The van der Waals surface area contributed by atoms with Gasteiger partial charge in [0.25, 0.3) is 5.91 Å². The van der Waals surface area contributed by atoms with Gasteiger partial charge < -0.3 is 10.1 Å². The molecule has 1 heterocycles. The predicted molar refractivity (Wildman–Crippen MR) is 95.3 cm³/mol. The Morgan fingerprint density at radius 2 is 1.75 bits per heavy atom. The van der Waals surface area contributed by atoms with E-state index in [0.717, 1.165) is 0 Å². The number of aromatic nitrogens is 2. The minimum absolute atomic E-state index is 0.0467. The van der Waals surface area contributed by atoms with Gasteiger partial charge in [0.2, 0.25) is 11.6 Å². The zero-order valence-corrected chi connectivity index (χ0v) is 16.6. The molecule has 1 aromatic carbocycles. The molecule has 0 bridgehead atoms. The lowest BCUT2D eigenvalue weighted by Crippen LogP contribution is -2.27. The number of halogens is 5. The highest BCUT2D eigenvalue weighted by molar-refractivity contribution is 6.34. The van der Waals surface area contributed by atoms with E-state index in [2.05, 4.69) is 10.4 Å². The Morgan fingerprint density at radius 1 is 1.18 bits per heavy atom. The smallest absolute Gasteiger partial charge is 0.271 e. The molecule has 0 aliphatic heterocycles. The number of nitrogens with one attached hydrogen (secondary N) is 1. The van der Waals surface area contributed by atoms with Gasteiger partial charge in [-0.25, -0.2) is 8.78 Å². The Labute approximate surface area is 164 Å². The van der Waals surface area contributed by atoms with Crippen molar-refractivity contribution in [2.24, 2.45) is 13.0 Å². The Bertz CT molecular complexity index is 871. The number of benzene rings is 1. The summed E-state index contributed by atoms with van der Waals surface area (Å²) in [6, 6.07) is 0. The second kappa shape index (κ2) is 8.81. The number of carbonyl (C=O) groups excluding carboxylic acids is 1. The highest BCUT2D eigenvalue weighted by Gasteiger charge is 2.27. The number of aryl methyl sites for hydroxylation is 2. The van der Waals surface area contributed by atoms with Gasteiger partial charge in [-0.2, -0.15) is 13.9 Å². The summed E-state index contributed by atoms with van der Waals surface area (Å²) in [4.78, 5) is 12.2. The second-order valence-electron chi connectivity index (χ2n) is 6.65. The van der Waals surface area contributed by atoms with Crippen LogP contribution in [0.1, 0.15) is 42.0 Å². The minimum Gasteiger partial charge on any atom is -0.487 e. The summed E-state index contributed by atoms with van der Waals surface area (Å²) < 4.78 is 62.9. The first-order valence-corrected chi connectivity index (χ1v) is 8.88. The van der Waals surface area contributed by atoms with E-state index >= 15 is 0 Å². The number of hydrogen-bond donors (Lipinski definition) is 1. The fourth-order valence-corrected chi connectivity index (χ4v) is 2.71. The van der Waals surface area contributed by atoms with Gasteiger partial charge in [0.1, 0.15) is 5.69 Å². The molecular formula is C18H20ClF4N3O2. The third-order valence-electron chi connectivity index (χ3n) is 4.05. The van der Waals surface area contributed by atoms with Crippen LogP contribution in [-0.2, 0) is 13.6 Å². The van der Waals surface area contributed by atoms with Crippen LogP contribution in [-0.4, -0.2) is 22.3 Å². The first-order chi connectivity index (χ1) is 13.1. The SMILES string of the molecule is Cc1nn(C)c(C(=O)NCc2c(F)c(F)c(OCCC(C)C)c(F)c2F)c1Cl. The summed E-state index contributed by atoms with van der Waals surface area (Å²) >= 11 is 5.97. The van der Waals surface area contributed by atoms with Crippen molar-refractivity contribution in [3.8, 4) is 5.75 Å². The molecule has 28 heavy (non-hydrogen) atoms. The average Bonchev–Trinajstić information content (AvgIpc) is 2.88. The molecule has 0 radical (unpaired) electrons. The fourth-order valence-electron chi connectivity index (χ4n) is 2.47. The topological polar surface area (TPSA) is 56.2 Å². The molecule has 2 rings (SSSR count). The first-order valence-electron chi connectivity index (χ1n) is 8.51. The van der Waals surface area contributed by atoms with Crippen LogP contribution in [0, 0.1) is 36.1 Å². The van der Waals surface area contributed by atoms with E-state index in [1.807, 2.05) is 13.8 Å². The molecule has 1 aromatic heterocycles. The molecule has 1 amide bonds. The van der Waals surface area contributed by atoms with Crippen LogP contribution < -0.4 is 10.1 Å². The van der Waals surface area contributed by atoms with E-state index < -0.39 is 47.0 Å². The number of rotatable bonds is 7. The zero-order valence-electron chi connectivity index (χ0n) is 15.8. The Morgan fingerprint density at radius 3 is 2.21 bits per heavy atom. The molecule has 5 nitrogen and oxygen atoms in total. The lowest BCUT2D eigenvalue weighted by Gasteiger charge is -2.14. The first kappa shape index (κ1) is 22.0. The van der Waals surface area contributed by atoms with Gasteiger partial charge in [-0.05, 0) is 19.3 Å². The van der Waals surface area contributed by atoms with Gasteiger partial charge >= 0.3 is 0 Å². The second-order valence-corrected chi connectivity index (χ2v) is 7.03. The summed E-state index contributed by atoms with van der Waals surface area (Å²) in [5, 5.41) is 6.19. The molecule has 0 spiro atoms. The van der Waals surface area contributed by atoms with Crippen molar-refractivity contribution in [2.75, 3.05) is 6.61 Å². The van der Waals surface area contributed by atoms with Crippen LogP contribution in [0.15, 0.2) is 0 Å². The van der Waals surface area contributed by atoms with Crippen molar-refractivity contribution in [3.63, 3.8) is 0 Å². The van der Waals surface area contributed by atoms with Gasteiger partial charge in [-0.3, -0.25) is 9.48 Å². The van der Waals surface area contributed by atoms with Crippen molar-refractivity contribution < 1.29 is 27.1 Å². The number of hydrogen-bond acceptors (Lipinski definition) is 3. The summed E-state index contributed by atoms with van der Waals surface area (Å²) in [6.07, 6.45) is 0.449. The molecule has 2 aromatic rings. The normalized spacial score (nSPS) is 11.2. The van der Waals surface area contributed by atoms with Crippen molar-refractivity contribution in [2.45, 2.75) is 33.7 Å². The number of amides is 1. The van der Waals surface area contributed by atoms with Crippen molar-refractivity contribution >= 4 is 17.5 Å². The summed E-state index contributed by atoms with van der Waals surface area (Å²) in [6.45, 7) is 4.40. The maximum absolute atomic E-state index is 14.2. The monoisotopic (exact) mass is 421 g/mol. The standard InChI is InChI=1S/C18H20ClF4N3O2/c1-8(2)5-6-28-17-14(22)12(20)10(13(21)15(17)23)7-24-18(27)16-11(19)9(3)25-26(16)4/h8H,5-7H2,1-4H3,(H,24,27). The maximum Gasteiger partial charge on any atom is 0.271 e. The minimum atomic E-state index is -1.65. The largest absolute Gasteiger partial charge is 0.487 e. The molecular weight excluding hydrogens is 402 g/mol. The van der Waals surface area contributed by atoms with E-state index in [0.29, 0.717) is 12.1 Å². The molecule has 0 unspecified atom stereocenters. The van der Waals surface area contributed by atoms with E-state index in [9.17, 15) is 22.4 Å². The Balaban J connectivity index is 2.23. The molecule has 10 heteroatoms. The number of nitrogens with zero attached hydrogens (tertiary/aromatic N) is 2. The van der Waals surface area contributed by atoms with Crippen LogP contribution in [0.4, 0.5) is 17.6 Å². The van der Waals surface area contributed by atoms with Crippen molar-refractivity contribution in [1.82, 2.24) is 15.1 Å². The quantitative estimate of drug-likeness (QED) is 0.536. The lowest BCUT2D eigenvalue weighted by molar-refractivity contribution is 0.0940. The summed E-state index contributed by atoms with van der Waals surface area (Å²) in [7, 11) is 1.46. The van der Waals surface area contributed by atoms with Crippen molar-refractivity contribution in [3.05, 3.63) is 45.2 Å². The third-order valence-corrected chi connectivity index (χ3v) is 4.50. The zero-order chi connectivity index (χ0) is 21.2. The molecule has 154 valence electrons. The summed E-state index contributed by atoms with van der Waals surface area (Å²) in [5.74, 6) is -8.31. The van der Waals surface area contributed by atoms with Crippen LogP contribution in [0.2, 0.25) is 5.02 Å². The van der Waals surface area contributed by atoms with Gasteiger partial charge in [0, 0.05) is 19.2 Å². The molecule has 0 aliphatic rings. The lowest BCUT2D eigenvalue weighted by atomic mass is 10.1. The van der Waals surface area contributed by atoms with E-state index in [1.165, 1.54) is 11.7 Å². The maximum atomic E-state index is 14.2.